The number of aliphatic imine (C=N–C) groups is 2. The number of nitrogens with two attached hydrogens (primary N) is 1. The minimum atomic E-state index is -4.54. The van der Waals surface area contributed by atoms with E-state index in [0.29, 0.717) is 42.6 Å². The van der Waals surface area contributed by atoms with Gasteiger partial charge in [-0.25, -0.2) is 4.98 Å². The van der Waals surface area contributed by atoms with Crippen LogP contribution in [0.5, 0.6) is 0 Å². The summed E-state index contributed by atoms with van der Waals surface area (Å²) in [6.07, 6.45) is 1.12. The number of hydrogen-bond donors (Lipinski definition) is 2. The summed E-state index contributed by atoms with van der Waals surface area (Å²) in [4.78, 5) is 27.9. The quantitative estimate of drug-likeness (QED) is 0.411. The molecule has 1 aromatic carbocycles. The van der Waals surface area contributed by atoms with E-state index >= 15 is 0 Å². The van der Waals surface area contributed by atoms with Crippen molar-refractivity contribution in [3.63, 3.8) is 0 Å². The van der Waals surface area contributed by atoms with Gasteiger partial charge >= 0.3 is 6.18 Å². The SMILES string of the molecule is COCCN1CCO[C@@H](C2=C3C=NC=C[N+]3(N)C(c3ccc(C(=O)Nc4cc(C(F)(F)F)ccn4)cc3)=N2)C1. The molecule has 5 rings (SSSR count). The lowest BCUT2D eigenvalue weighted by atomic mass is 10.1. The normalized spacial score (nSPS) is 23.1. The van der Waals surface area contributed by atoms with E-state index in [9.17, 15) is 18.0 Å². The van der Waals surface area contributed by atoms with Crippen LogP contribution in [0.3, 0.4) is 0 Å². The number of nitrogens with zero attached hydrogens (tertiary/aromatic N) is 5. The number of alkyl halides is 3. The zero-order valence-electron chi connectivity index (χ0n) is 21.1. The summed E-state index contributed by atoms with van der Waals surface area (Å²) in [6.45, 7) is 3.33. The van der Waals surface area contributed by atoms with Gasteiger partial charge in [0, 0.05) is 38.5 Å². The first kappa shape index (κ1) is 26.8. The number of pyridine rings is 1. The summed E-state index contributed by atoms with van der Waals surface area (Å²) in [5.41, 5.74) is 1.35. The summed E-state index contributed by atoms with van der Waals surface area (Å²) >= 11 is 0. The number of halogens is 3. The molecule has 3 aliphatic rings. The summed E-state index contributed by atoms with van der Waals surface area (Å²) in [7, 11) is 1.66. The van der Waals surface area contributed by atoms with Crippen LogP contribution in [0.15, 0.2) is 76.4 Å². The Balaban J connectivity index is 1.36. The zero-order chi connectivity index (χ0) is 27.6. The number of carbonyl (C=O) groups excluding carboxylic acids is 1. The van der Waals surface area contributed by atoms with Crippen LogP contribution in [-0.2, 0) is 15.7 Å². The molecule has 1 saturated heterocycles. The maximum atomic E-state index is 13.0. The Labute approximate surface area is 222 Å². The number of anilines is 1. The van der Waals surface area contributed by atoms with Crippen LogP contribution >= 0.6 is 0 Å². The smallest absolute Gasteiger partial charge is 0.383 e. The van der Waals surface area contributed by atoms with Crippen LogP contribution in [-0.4, -0.2) is 78.5 Å². The van der Waals surface area contributed by atoms with E-state index in [2.05, 4.69) is 20.2 Å². The monoisotopic (exact) mass is 542 g/mol. The summed E-state index contributed by atoms with van der Waals surface area (Å²) in [5.74, 6) is 6.52. The molecule has 1 amide bonds. The number of morpholine rings is 1. The molecule has 204 valence electrons. The van der Waals surface area contributed by atoms with Gasteiger partial charge in [0.25, 0.3) is 11.7 Å². The highest BCUT2D eigenvalue weighted by Gasteiger charge is 2.46. The van der Waals surface area contributed by atoms with E-state index in [4.69, 9.17) is 20.3 Å². The van der Waals surface area contributed by atoms with E-state index in [1.54, 1.807) is 50.0 Å². The van der Waals surface area contributed by atoms with Gasteiger partial charge in [0.1, 0.15) is 23.8 Å². The van der Waals surface area contributed by atoms with E-state index in [-0.39, 0.29) is 22.1 Å². The number of methoxy groups -OCH3 is 1. The Morgan fingerprint density at radius 2 is 2.08 bits per heavy atom. The van der Waals surface area contributed by atoms with Gasteiger partial charge in [-0.3, -0.25) is 14.7 Å². The molecule has 3 aliphatic heterocycles. The maximum absolute atomic E-state index is 13.0. The first-order chi connectivity index (χ1) is 18.7. The molecular formula is C26H27F3N7O3+. The van der Waals surface area contributed by atoms with E-state index in [1.165, 1.54) is 0 Å². The highest BCUT2D eigenvalue weighted by molar-refractivity contribution is 6.05. The first-order valence-corrected chi connectivity index (χ1v) is 12.2. The number of rotatable bonds is 7. The van der Waals surface area contributed by atoms with Crippen molar-refractivity contribution in [2.24, 2.45) is 15.8 Å². The molecule has 1 unspecified atom stereocenters. The van der Waals surface area contributed by atoms with Gasteiger partial charge in [0.15, 0.2) is 0 Å². The van der Waals surface area contributed by atoms with Crippen LogP contribution in [0, 0.1) is 0 Å². The van der Waals surface area contributed by atoms with Crippen molar-refractivity contribution in [2.75, 3.05) is 45.3 Å². The average Bonchev–Trinajstić information content (AvgIpc) is 3.25. The largest absolute Gasteiger partial charge is 0.416 e. The van der Waals surface area contributed by atoms with Gasteiger partial charge in [-0.05, 0) is 36.4 Å². The third kappa shape index (κ3) is 5.53. The van der Waals surface area contributed by atoms with Crippen LogP contribution in [0.4, 0.5) is 19.0 Å². The van der Waals surface area contributed by atoms with Crippen LogP contribution in [0.1, 0.15) is 21.5 Å². The molecule has 2 aromatic rings. The van der Waals surface area contributed by atoms with E-state index in [1.807, 2.05) is 0 Å². The molecule has 1 aromatic heterocycles. The van der Waals surface area contributed by atoms with Gasteiger partial charge in [-0.15, -0.1) is 4.59 Å². The Morgan fingerprint density at radius 1 is 1.28 bits per heavy atom. The third-order valence-electron chi connectivity index (χ3n) is 6.62. The van der Waals surface area contributed by atoms with Gasteiger partial charge < -0.3 is 14.8 Å². The minimum Gasteiger partial charge on any atom is -0.383 e. The Morgan fingerprint density at radius 3 is 2.82 bits per heavy atom. The van der Waals surface area contributed by atoms with Crippen molar-refractivity contribution < 1.29 is 32.0 Å². The molecule has 0 radical (unpaired) electrons. The number of aromatic nitrogens is 1. The fourth-order valence-electron chi connectivity index (χ4n) is 4.57. The number of fused-ring (bicyclic) bond motifs is 1. The Bertz CT molecular complexity index is 1370. The molecule has 39 heavy (non-hydrogen) atoms. The predicted octanol–water partition coefficient (Wildman–Crippen LogP) is 2.92. The molecule has 0 aliphatic carbocycles. The average molecular weight is 543 g/mol. The third-order valence-corrected chi connectivity index (χ3v) is 6.62. The molecule has 10 nitrogen and oxygen atoms in total. The van der Waals surface area contributed by atoms with Crippen molar-refractivity contribution in [2.45, 2.75) is 12.3 Å². The number of ether oxygens (including phenoxy) is 2. The second-order valence-corrected chi connectivity index (χ2v) is 9.17. The number of hydrogen-bond acceptors (Lipinski definition) is 8. The summed E-state index contributed by atoms with van der Waals surface area (Å²) in [6, 6.07) is 8.10. The lowest BCUT2D eigenvalue weighted by molar-refractivity contribution is -0.750. The molecule has 13 heteroatoms. The van der Waals surface area contributed by atoms with Crippen LogP contribution < -0.4 is 11.2 Å². The fraction of sp³-hybridized carbons (Fsp3) is 0.308. The lowest BCUT2D eigenvalue weighted by Gasteiger charge is -2.32. The first-order valence-electron chi connectivity index (χ1n) is 12.2. The number of carbonyl (C=O) groups is 1. The highest BCUT2D eigenvalue weighted by Crippen LogP contribution is 2.34. The number of amides is 1. The van der Waals surface area contributed by atoms with E-state index in [0.717, 1.165) is 31.4 Å². The minimum absolute atomic E-state index is 0.200. The summed E-state index contributed by atoms with van der Waals surface area (Å²) in [5, 5.41) is 2.41. The molecule has 4 heterocycles. The number of benzene rings is 1. The molecule has 0 bridgehead atoms. The highest BCUT2D eigenvalue weighted by atomic mass is 19.4. The van der Waals surface area contributed by atoms with Gasteiger partial charge in [0.2, 0.25) is 5.70 Å². The van der Waals surface area contributed by atoms with Crippen LogP contribution in [0.2, 0.25) is 0 Å². The van der Waals surface area contributed by atoms with Crippen molar-refractivity contribution in [3.8, 4) is 0 Å². The zero-order valence-corrected chi connectivity index (χ0v) is 21.1. The van der Waals surface area contributed by atoms with Crippen molar-refractivity contribution in [1.82, 2.24) is 9.88 Å². The molecule has 0 spiro atoms. The standard InChI is InChI=1S/C26H26F3N7O3/c1-38-12-9-35-10-13-39-21(16-35)23-20-15-31-8-11-36(20,30)24(34-23)17-2-4-18(5-3-17)25(37)33-22-14-19(6-7-32-22)26(27,28)29/h2-8,11,14-15,21H,9-10,12-13,16,30H2,1H3/p+1/t21-,36?/m1/s1. The Hall–Kier alpha value is -3.75. The molecule has 1 fully saturated rings. The second-order valence-electron chi connectivity index (χ2n) is 9.17. The Kier molecular flexibility index (Phi) is 7.42. The molecule has 3 N–H and O–H groups in total. The van der Waals surface area contributed by atoms with Gasteiger partial charge in [0.05, 0.1) is 36.8 Å². The topological polar surface area (TPSA) is 114 Å². The van der Waals surface area contributed by atoms with Crippen molar-refractivity contribution >= 4 is 23.8 Å². The number of amidine groups is 1. The number of allylic oxidation sites excluding steroid dienone is 1. The fourth-order valence-corrected chi connectivity index (χ4v) is 4.57. The van der Waals surface area contributed by atoms with Gasteiger partial charge in [-0.2, -0.15) is 24.0 Å². The molecule has 0 saturated carbocycles. The van der Waals surface area contributed by atoms with Crippen molar-refractivity contribution in [1.29, 1.82) is 0 Å². The van der Waals surface area contributed by atoms with Crippen molar-refractivity contribution in [3.05, 3.63) is 83.1 Å². The summed E-state index contributed by atoms with van der Waals surface area (Å²) < 4.78 is 50.0. The number of nitrogens with one attached hydrogen (secondary N) is 1. The van der Waals surface area contributed by atoms with Gasteiger partial charge in [-0.1, -0.05) is 0 Å². The molecular weight excluding hydrogens is 515 g/mol. The lowest BCUT2D eigenvalue weighted by Crippen LogP contribution is -2.53. The maximum Gasteiger partial charge on any atom is 0.416 e. The molecule has 2 atom stereocenters. The predicted molar refractivity (Wildman–Crippen MR) is 137 cm³/mol. The second kappa shape index (κ2) is 10.8. The number of quaternary nitrogens is 1. The van der Waals surface area contributed by atoms with E-state index < -0.39 is 17.6 Å². The van der Waals surface area contributed by atoms with Crippen LogP contribution in [0.25, 0.3) is 0 Å².